The Kier molecular flexibility index (Phi) is 4.72. The Hall–Kier alpha value is -1.76. The van der Waals surface area contributed by atoms with Crippen LogP contribution in [0.1, 0.15) is 5.56 Å². The van der Waals surface area contributed by atoms with Crippen molar-refractivity contribution in [1.82, 2.24) is 4.72 Å². The maximum Gasteiger partial charge on any atom is 0.244 e. The Labute approximate surface area is 128 Å². The zero-order chi connectivity index (χ0) is 15.5. The smallest absolute Gasteiger partial charge is 0.244 e. The Morgan fingerprint density at radius 1 is 1.24 bits per heavy atom. The number of methoxy groups -OCH3 is 1. The van der Waals surface area contributed by atoms with E-state index in [0.29, 0.717) is 16.3 Å². The van der Waals surface area contributed by atoms with Gasteiger partial charge in [-0.05, 0) is 29.8 Å². The van der Waals surface area contributed by atoms with E-state index in [1.807, 2.05) is 0 Å². The van der Waals surface area contributed by atoms with E-state index in [0.717, 1.165) is 0 Å². The van der Waals surface area contributed by atoms with Gasteiger partial charge in [0.15, 0.2) is 0 Å². The van der Waals surface area contributed by atoms with Gasteiger partial charge in [-0.25, -0.2) is 13.1 Å². The molecule has 5 nitrogen and oxygen atoms in total. The van der Waals surface area contributed by atoms with Gasteiger partial charge < -0.3 is 10.5 Å². The second kappa shape index (κ2) is 6.34. The minimum atomic E-state index is -3.75. The molecule has 0 heterocycles. The maximum absolute atomic E-state index is 12.4. The van der Waals surface area contributed by atoms with Crippen LogP contribution in [0.25, 0.3) is 0 Å². The van der Waals surface area contributed by atoms with Crippen molar-refractivity contribution in [3.63, 3.8) is 0 Å². The van der Waals surface area contributed by atoms with Crippen LogP contribution in [0.4, 0.5) is 5.69 Å². The molecule has 2 aromatic carbocycles. The summed E-state index contributed by atoms with van der Waals surface area (Å²) < 4.78 is 32.3. The van der Waals surface area contributed by atoms with Crippen molar-refractivity contribution in [2.24, 2.45) is 0 Å². The normalized spacial score (nSPS) is 11.3. The van der Waals surface area contributed by atoms with Crippen molar-refractivity contribution in [3.8, 4) is 5.75 Å². The summed E-state index contributed by atoms with van der Waals surface area (Å²) in [5.41, 5.74) is 6.67. The van der Waals surface area contributed by atoms with E-state index in [1.165, 1.54) is 19.2 Å². The highest BCUT2D eigenvalue weighted by Crippen LogP contribution is 2.26. The topological polar surface area (TPSA) is 81.4 Å². The number of rotatable bonds is 5. The van der Waals surface area contributed by atoms with Crippen LogP contribution in [0.2, 0.25) is 5.02 Å². The van der Waals surface area contributed by atoms with Crippen LogP contribution >= 0.6 is 11.6 Å². The summed E-state index contributed by atoms with van der Waals surface area (Å²) in [4.78, 5) is -0.00273. The quantitative estimate of drug-likeness (QED) is 0.827. The van der Waals surface area contributed by atoms with Crippen molar-refractivity contribution in [3.05, 3.63) is 53.1 Å². The average molecular weight is 327 g/mol. The van der Waals surface area contributed by atoms with Gasteiger partial charge in [-0.15, -0.1) is 0 Å². The lowest BCUT2D eigenvalue weighted by Crippen LogP contribution is -2.24. The number of nitrogens with two attached hydrogens (primary N) is 1. The van der Waals surface area contributed by atoms with Gasteiger partial charge in [0.25, 0.3) is 0 Å². The van der Waals surface area contributed by atoms with Crippen LogP contribution in [0, 0.1) is 0 Å². The zero-order valence-electron chi connectivity index (χ0n) is 11.3. The number of benzene rings is 2. The van der Waals surface area contributed by atoms with Crippen molar-refractivity contribution in [2.75, 3.05) is 12.8 Å². The number of hydrogen-bond acceptors (Lipinski definition) is 4. The maximum atomic E-state index is 12.4. The van der Waals surface area contributed by atoms with Gasteiger partial charge in [-0.1, -0.05) is 29.8 Å². The second-order valence-electron chi connectivity index (χ2n) is 4.33. The van der Waals surface area contributed by atoms with E-state index in [4.69, 9.17) is 22.1 Å². The van der Waals surface area contributed by atoms with Crippen LogP contribution in [0.3, 0.4) is 0 Å². The van der Waals surface area contributed by atoms with Gasteiger partial charge in [0.1, 0.15) is 10.6 Å². The van der Waals surface area contributed by atoms with Crippen LogP contribution in [0.5, 0.6) is 5.75 Å². The molecular weight excluding hydrogens is 312 g/mol. The summed E-state index contributed by atoms with van der Waals surface area (Å²) in [5, 5.41) is 0.500. The predicted octanol–water partition coefficient (Wildman–Crippen LogP) is 2.41. The number of nitrogen functional groups attached to an aromatic ring is 1. The first-order valence-electron chi connectivity index (χ1n) is 6.10. The molecule has 0 atom stereocenters. The Morgan fingerprint density at radius 3 is 2.62 bits per heavy atom. The number of anilines is 1. The first-order valence-corrected chi connectivity index (χ1v) is 7.97. The molecule has 0 saturated heterocycles. The van der Waals surface area contributed by atoms with Crippen LogP contribution in [-0.4, -0.2) is 15.5 Å². The molecule has 0 aliphatic carbocycles. The molecule has 21 heavy (non-hydrogen) atoms. The van der Waals surface area contributed by atoms with Crippen molar-refractivity contribution in [1.29, 1.82) is 0 Å². The number of hydrogen-bond donors (Lipinski definition) is 2. The monoisotopic (exact) mass is 326 g/mol. The molecule has 0 aliphatic heterocycles. The fourth-order valence-corrected chi connectivity index (χ4v) is 3.21. The summed E-state index contributed by atoms with van der Waals surface area (Å²) >= 11 is 6.00. The van der Waals surface area contributed by atoms with Gasteiger partial charge in [0.2, 0.25) is 10.0 Å². The SMILES string of the molecule is COc1ccc(N)cc1S(=O)(=O)NCc1ccccc1Cl. The molecule has 2 rings (SSSR count). The van der Waals surface area contributed by atoms with E-state index < -0.39 is 10.0 Å². The fraction of sp³-hybridized carbons (Fsp3) is 0.143. The molecule has 0 aliphatic rings. The summed E-state index contributed by atoms with van der Waals surface area (Å²) in [5.74, 6) is 0.232. The highest BCUT2D eigenvalue weighted by atomic mass is 35.5. The largest absolute Gasteiger partial charge is 0.495 e. The van der Waals surface area contributed by atoms with Gasteiger partial charge in [-0.2, -0.15) is 0 Å². The highest BCUT2D eigenvalue weighted by molar-refractivity contribution is 7.89. The van der Waals surface area contributed by atoms with E-state index in [2.05, 4.69) is 4.72 Å². The van der Waals surface area contributed by atoms with Crippen molar-refractivity contribution < 1.29 is 13.2 Å². The first kappa shape index (κ1) is 15.6. The highest BCUT2D eigenvalue weighted by Gasteiger charge is 2.19. The minimum Gasteiger partial charge on any atom is -0.495 e. The molecule has 7 heteroatoms. The standard InChI is InChI=1S/C14H15ClN2O3S/c1-20-13-7-6-11(16)8-14(13)21(18,19)17-9-10-4-2-3-5-12(10)15/h2-8,17H,9,16H2,1H3. The van der Waals surface area contributed by atoms with Crippen LogP contribution in [-0.2, 0) is 16.6 Å². The number of sulfonamides is 1. The molecule has 0 bridgehead atoms. The molecule has 0 unspecified atom stereocenters. The molecule has 112 valence electrons. The lowest BCUT2D eigenvalue weighted by atomic mass is 10.2. The average Bonchev–Trinajstić information content (AvgIpc) is 2.46. The predicted molar refractivity (Wildman–Crippen MR) is 82.9 cm³/mol. The fourth-order valence-electron chi connectivity index (χ4n) is 1.80. The summed E-state index contributed by atoms with van der Waals surface area (Å²) in [6.45, 7) is 0.0833. The van der Waals surface area contributed by atoms with Crippen LogP contribution in [0.15, 0.2) is 47.4 Å². The second-order valence-corrected chi connectivity index (χ2v) is 6.47. The Bertz CT molecular complexity index is 748. The molecular formula is C14H15ClN2O3S. The Balaban J connectivity index is 2.27. The van der Waals surface area contributed by atoms with Crippen LogP contribution < -0.4 is 15.2 Å². The zero-order valence-corrected chi connectivity index (χ0v) is 12.9. The molecule has 3 N–H and O–H groups in total. The minimum absolute atomic E-state index is 0.00273. The van der Waals surface area contributed by atoms with E-state index in [1.54, 1.807) is 30.3 Å². The molecule has 0 amide bonds. The summed E-state index contributed by atoms with van der Waals surface area (Å²) in [6.07, 6.45) is 0. The third-order valence-electron chi connectivity index (χ3n) is 2.89. The van der Waals surface area contributed by atoms with Gasteiger partial charge in [0, 0.05) is 17.3 Å². The molecule has 0 fully saturated rings. The number of nitrogens with one attached hydrogen (secondary N) is 1. The van der Waals surface area contributed by atoms with Crippen molar-refractivity contribution in [2.45, 2.75) is 11.4 Å². The third-order valence-corrected chi connectivity index (χ3v) is 4.68. The lowest BCUT2D eigenvalue weighted by molar-refractivity contribution is 0.402. The summed E-state index contributed by atoms with van der Waals surface area (Å²) in [6, 6.07) is 11.5. The van der Waals surface area contributed by atoms with Gasteiger partial charge in [-0.3, -0.25) is 0 Å². The molecule has 0 spiro atoms. The molecule has 0 radical (unpaired) electrons. The van der Waals surface area contributed by atoms with Crippen molar-refractivity contribution >= 4 is 27.3 Å². The van der Waals surface area contributed by atoms with Gasteiger partial charge in [0.05, 0.1) is 7.11 Å². The lowest BCUT2D eigenvalue weighted by Gasteiger charge is -2.12. The molecule has 0 saturated carbocycles. The van der Waals surface area contributed by atoms with E-state index in [9.17, 15) is 8.42 Å². The molecule has 2 aromatic rings. The molecule has 0 aromatic heterocycles. The van der Waals surface area contributed by atoms with Gasteiger partial charge >= 0.3 is 0 Å². The summed E-state index contributed by atoms with van der Waals surface area (Å²) in [7, 11) is -2.35. The third kappa shape index (κ3) is 3.66. The number of ether oxygens (including phenoxy) is 1. The first-order chi connectivity index (χ1) is 9.94. The Morgan fingerprint density at radius 2 is 1.95 bits per heavy atom. The number of halogens is 1. The van der Waals surface area contributed by atoms with E-state index >= 15 is 0 Å². The van der Waals surface area contributed by atoms with E-state index in [-0.39, 0.29) is 17.2 Å².